The first kappa shape index (κ1) is 20.4. The van der Waals surface area contributed by atoms with Gasteiger partial charge in [0.15, 0.2) is 0 Å². The Morgan fingerprint density at radius 1 is 0.969 bits per heavy atom. The van der Waals surface area contributed by atoms with Gasteiger partial charge in [0.05, 0.1) is 11.3 Å². The van der Waals surface area contributed by atoms with Gasteiger partial charge in [0.1, 0.15) is 11.8 Å². The minimum absolute atomic E-state index is 0.0440. The summed E-state index contributed by atoms with van der Waals surface area (Å²) in [6.07, 6.45) is 6.58. The second kappa shape index (κ2) is 8.92. The number of para-hydroxylation sites is 1. The fourth-order valence-electron chi connectivity index (χ4n) is 4.24. The Labute approximate surface area is 186 Å². The number of rotatable bonds is 4. The van der Waals surface area contributed by atoms with Gasteiger partial charge in [-0.05, 0) is 37.1 Å². The lowest BCUT2D eigenvalue weighted by Crippen LogP contribution is -2.52. The van der Waals surface area contributed by atoms with Crippen LogP contribution in [-0.2, 0) is 9.53 Å². The molecule has 1 aromatic carbocycles. The third kappa shape index (κ3) is 4.01. The molecule has 5 rings (SSSR count). The van der Waals surface area contributed by atoms with Crippen LogP contribution < -0.4 is 0 Å². The first-order chi connectivity index (χ1) is 15.7. The molecular formula is C24H25N5O3. The van der Waals surface area contributed by atoms with Gasteiger partial charge in [-0.3, -0.25) is 14.6 Å². The molecule has 0 spiro atoms. The second-order valence-corrected chi connectivity index (χ2v) is 8.03. The molecule has 2 saturated heterocycles. The van der Waals surface area contributed by atoms with E-state index in [1.54, 1.807) is 28.2 Å². The molecule has 32 heavy (non-hydrogen) atoms. The molecule has 0 aliphatic carbocycles. The number of piperazine rings is 1. The quantitative estimate of drug-likeness (QED) is 0.634. The van der Waals surface area contributed by atoms with Gasteiger partial charge in [-0.25, -0.2) is 4.68 Å². The normalized spacial score (nSPS) is 18.7. The summed E-state index contributed by atoms with van der Waals surface area (Å²) in [4.78, 5) is 33.9. The van der Waals surface area contributed by atoms with E-state index in [4.69, 9.17) is 9.84 Å². The largest absolute Gasteiger partial charge is 0.368 e. The summed E-state index contributed by atoms with van der Waals surface area (Å²) < 4.78 is 7.26. The molecule has 8 nitrogen and oxygen atoms in total. The second-order valence-electron chi connectivity index (χ2n) is 8.03. The summed E-state index contributed by atoms with van der Waals surface area (Å²) in [5, 5.41) is 4.71. The fourth-order valence-corrected chi connectivity index (χ4v) is 4.24. The Bertz CT molecular complexity index is 1090. The first-order valence-corrected chi connectivity index (χ1v) is 11.0. The number of hydrogen-bond acceptors (Lipinski definition) is 5. The Balaban J connectivity index is 1.37. The summed E-state index contributed by atoms with van der Waals surface area (Å²) in [5.41, 5.74) is 2.80. The van der Waals surface area contributed by atoms with E-state index in [2.05, 4.69) is 4.98 Å². The van der Waals surface area contributed by atoms with E-state index in [9.17, 15) is 9.59 Å². The minimum atomic E-state index is -0.321. The maximum Gasteiger partial charge on any atom is 0.257 e. The molecule has 2 aliphatic rings. The summed E-state index contributed by atoms with van der Waals surface area (Å²) >= 11 is 0. The van der Waals surface area contributed by atoms with Gasteiger partial charge in [0, 0.05) is 56.9 Å². The van der Waals surface area contributed by atoms with Crippen molar-refractivity contribution in [1.82, 2.24) is 24.6 Å². The zero-order valence-corrected chi connectivity index (χ0v) is 17.8. The van der Waals surface area contributed by atoms with Gasteiger partial charge in [-0.1, -0.05) is 18.2 Å². The monoisotopic (exact) mass is 431 g/mol. The summed E-state index contributed by atoms with van der Waals surface area (Å²) in [6, 6.07) is 13.4. The van der Waals surface area contributed by atoms with Gasteiger partial charge in [-0.2, -0.15) is 5.10 Å². The van der Waals surface area contributed by atoms with Crippen LogP contribution in [0.15, 0.2) is 61.1 Å². The zero-order valence-electron chi connectivity index (χ0n) is 17.8. The Hall–Kier alpha value is -3.52. The molecule has 2 fully saturated rings. The third-order valence-electron chi connectivity index (χ3n) is 5.98. The van der Waals surface area contributed by atoms with E-state index in [0.717, 1.165) is 24.1 Å². The lowest BCUT2D eigenvalue weighted by Gasteiger charge is -2.35. The van der Waals surface area contributed by atoms with E-state index in [-0.39, 0.29) is 17.9 Å². The van der Waals surface area contributed by atoms with Crippen LogP contribution in [0.25, 0.3) is 16.9 Å². The van der Waals surface area contributed by atoms with Crippen molar-refractivity contribution in [1.29, 1.82) is 0 Å². The average Bonchev–Trinajstić information content (AvgIpc) is 3.55. The molecule has 0 bridgehead atoms. The zero-order chi connectivity index (χ0) is 21.9. The van der Waals surface area contributed by atoms with E-state index in [1.807, 2.05) is 47.4 Å². The van der Waals surface area contributed by atoms with Crippen molar-refractivity contribution in [3.05, 3.63) is 66.6 Å². The number of nitrogens with zero attached hydrogens (tertiary/aromatic N) is 5. The van der Waals surface area contributed by atoms with Crippen LogP contribution in [0.5, 0.6) is 0 Å². The number of benzene rings is 1. The van der Waals surface area contributed by atoms with Crippen LogP contribution in [0.4, 0.5) is 0 Å². The Morgan fingerprint density at radius 3 is 2.44 bits per heavy atom. The number of carbonyl (C=O) groups excluding carboxylic acids is 2. The summed E-state index contributed by atoms with van der Waals surface area (Å²) in [5.74, 6) is -0.0437. The fraction of sp³-hybridized carbons (Fsp3) is 0.333. The van der Waals surface area contributed by atoms with Crippen molar-refractivity contribution in [3.63, 3.8) is 0 Å². The van der Waals surface area contributed by atoms with Crippen molar-refractivity contribution >= 4 is 11.8 Å². The highest BCUT2D eigenvalue weighted by Crippen LogP contribution is 2.25. The standard InChI is InChI=1S/C24H25N5O3/c30-23(27-11-13-28(14-12-27)24(31)21-9-5-15-32-21)20-17-29(19-7-2-1-3-8-19)26-22(20)18-6-4-10-25-16-18/h1-4,6-8,10,16-17,21H,5,9,11-15H2. The number of pyridine rings is 1. The van der Waals surface area contributed by atoms with Gasteiger partial charge in [0.25, 0.3) is 11.8 Å². The topological polar surface area (TPSA) is 80.6 Å². The maximum absolute atomic E-state index is 13.5. The molecule has 0 N–H and O–H groups in total. The van der Waals surface area contributed by atoms with E-state index in [0.29, 0.717) is 44.0 Å². The van der Waals surface area contributed by atoms with Crippen LogP contribution >= 0.6 is 0 Å². The Kier molecular flexibility index (Phi) is 5.68. The van der Waals surface area contributed by atoms with Crippen LogP contribution in [0.3, 0.4) is 0 Å². The molecule has 164 valence electrons. The van der Waals surface area contributed by atoms with E-state index in [1.165, 1.54) is 0 Å². The summed E-state index contributed by atoms with van der Waals surface area (Å²) in [7, 11) is 0. The molecule has 2 amide bonds. The highest BCUT2D eigenvalue weighted by Gasteiger charge is 2.32. The molecule has 2 aromatic heterocycles. The average molecular weight is 431 g/mol. The van der Waals surface area contributed by atoms with E-state index >= 15 is 0 Å². The molecule has 8 heteroatoms. The minimum Gasteiger partial charge on any atom is -0.368 e. The predicted octanol–water partition coefficient (Wildman–Crippen LogP) is 2.40. The van der Waals surface area contributed by atoms with Crippen molar-refractivity contribution in [2.75, 3.05) is 32.8 Å². The number of amides is 2. The van der Waals surface area contributed by atoms with Crippen molar-refractivity contribution in [3.8, 4) is 16.9 Å². The number of ether oxygens (including phenoxy) is 1. The van der Waals surface area contributed by atoms with Gasteiger partial charge in [0.2, 0.25) is 0 Å². The highest BCUT2D eigenvalue weighted by atomic mass is 16.5. The summed E-state index contributed by atoms with van der Waals surface area (Å²) in [6.45, 7) is 2.65. The molecule has 3 aromatic rings. The lowest BCUT2D eigenvalue weighted by atomic mass is 10.1. The Morgan fingerprint density at radius 2 is 1.75 bits per heavy atom. The van der Waals surface area contributed by atoms with Gasteiger partial charge in [-0.15, -0.1) is 0 Å². The lowest BCUT2D eigenvalue weighted by molar-refractivity contribution is -0.142. The smallest absolute Gasteiger partial charge is 0.257 e. The molecule has 4 heterocycles. The third-order valence-corrected chi connectivity index (χ3v) is 5.98. The van der Waals surface area contributed by atoms with Crippen molar-refractivity contribution < 1.29 is 14.3 Å². The van der Waals surface area contributed by atoms with Crippen LogP contribution in [-0.4, -0.2) is 75.3 Å². The molecule has 1 unspecified atom stereocenters. The van der Waals surface area contributed by atoms with Crippen molar-refractivity contribution in [2.45, 2.75) is 18.9 Å². The van der Waals surface area contributed by atoms with Crippen molar-refractivity contribution in [2.24, 2.45) is 0 Å². The van der Waals surface area contributed by atoms with Crippen LogP contribution in [0.2, 0.25) is 0 Å². The predicted molar refractivity (Wildman–Crippen MR) is 118 cm³/mol. The molecule has 0 radical (unpaired) electrons. The first-order valence-electron chi connectivity index (χ1n) is 11.0. The number of hydrogen-bond donors (Lipinski definition) is 0. The molecule has 2 aliphatic heterocycles. The molecule has 0 saturated carbocycles. The van der Waals surface area contributed by atoms with Gasteiger partial charge >= 0.3 is 0 Å². The molecule has 1 atom stereocenters. The van der Waals surface area contributed by atoms with E-state index < -0.39 is 0 Å². The van der Waals surface area contributed by atoms with Gasteiger partial charge < -0.3 is 14.5 Å². The highest BCUT2D eigenvalue weighted by molar-refractivity contribution is 6.00. The molecular weight excluding hydrogens is 406 g/mol. The SMILES string of the molecule is O=C(c1cn(-c2ccccc2)nc1-c1cccnc1)N1CCN(C(=O)C2CCCO2)CC1. The maximum atomic E-state index is 13.5. The van der Waals surface area contributed by atoms with Crippen LogP contribution in [0.1, 0.15) is 23.2 Å². The number of aromatic nitrogens is 3. The number of carbonyl (C=O) groups is 2. The van der Waals surface area contributed by atoms with Crippen LogP contribution in [0, 0.1) is 0 Å².